The quantitative estimate of drug-likeness (QED) is 0.858. The first-order chi connectivity index (χ1) is 8.50. The van der Waals surface area contributed by atoms with Crippen LogP contribution in [0.1, 0.15) is 23.3 Å². The van der Waals surface area contributed by atoms with Crippen molar-refractivity contribution in [3.8, 4) is 0 Å². The molecule has 1 aliphatic rings. The van der Waals surface area contributed by atoms with Crippen molar-refractivity contribution in [1.29, 1.82) is 0 Å². The zero-order valence-corrected chi connectivity index (χ0v) is 12.4. The van der Waals surface area contributed by atoms with Crippen molar-refractivity contribution in [2.24, 2.45) is 0 Å². The van der Waals surface area contributed by atoms with E-state index in [-0.39, 0.29) is 11.6 Å². The summed E-state index contributed by atoms with van der Waals surface area (Å²) in [5.74, 6) is -1.31. The Hall–Kier alpha value is -0.950. The van der Waals surface area contributed by atoms with E-state index in [9.17, 15) is 9.59 Å². The molecule has 0 radical (unpaired) electrons. The van der Waals surface area contributed by atoms with Gasteiger partial charge in [-0.15, -0.1) is 0 Å². The van der Waals surface area contributed by atoms with Gasteiger partial charge in [-0.2, -0.15) is 0 Å². The van der Waals surface area contributed by atoms with E-state index in [1.807, 2.05) is 0 Å². The number of rotatable bonds is 2. The Bertz CT molecular complexity index is 507. The largest absolute Gasteiger partial charge is 0.480 e. The Balaban J connectivity index is 2.28. The minimum atomic E-state index is -0.964. The molecule has 1 N–H and O–H groups in total. The van der Waals surface area contributed by atoms with Crippen LogP contribution in [0.2, 0.25) is 0 Å². The first-order valence-corrected chi connectivity index (χ1v) is 6.94. The zero-order chi connectivity index (χ0) is 13.3. The summed E-state index contributed by atoms with van der Waals surface area (Å²) < 4.78 is 1.31. The molecule has 0 spiro atoms. The summed E-state index contributed by atoms with van der Waals surface area (Å²) in [6.07, 6.45) is 2.72. The molecule has 7 heteroatoms. The van der Waals surface area contributed by atoms with Crippen LogP contribution in [0.15, 0.2) is 21.2 Å². The van der Waals surface area contributed by atoms with Crippen LogP contribution in [0.3, 0.4) is 0 Å². The number of aliphatic carboxylic acids is 1. The third-order valence-corrected chi connectivity index (χ3v) is 3.85. The first kappa shape index (κ1) is 13.5. The second-order valence-corrected chi connectivity index (χ2v) is 5.75. The number of hydrogen-bond donors (Lipinski definition) is 1. The van der Waals surface area contributed by atoms with E-state index in [1.165, 1.54) is 11.1 Å². The minimum Gasteiger partial charge on any atom is -0.480 e. The highest BCUT2D eigenvalue weighted by molar-refractivity contribution is 9.11. The van der Waals surface area contributed by atoms with E-state index < -0.39 is 12.0 Å². The SMILES string of the molecule is O=C(O)[C@H]1CCCN1C(=O)c1ncc(Br)cc1Br. The van der Waals surface area contributed by atoms with Crippen LogP contribution >= 0.6 is 31.9 Å². The molecular weight excluding hydrogens is 368 g/mol. The summed E-state index contributed by atoms with van der Waals surface area (Å²) >= 11 is 6.52. The fraction of sp³-hybridized carbons (Fsp3) is 0.364. The molecule has 2 rings (SSSR count). The Morgan fingerprint density at radius 1 is 1.44 bits per heavy atom. The number of carboxylic acids is 1. The number of likely N-dealkylation sites (tertiary alicyclic amines) is 1. The third kappa shape index (κ3) is 2.56. The van der Waals surface area contributed by atoms with Crippen LogP contribution < -0.4 is 0 Å². The Kier molecular flexibility index (Phi) is 4.01. The number of amides is 1. The van der Waals surface area contributed by atoms with E-state index in [4.69, 9.17) is 5.11 Å². The highest BCUT2D eigenvalue weighted by atomic mass is 79.9. The fourth-order valence-electron chi connectivity index (χ4n) is 1.97. The minimum absolute atomic E-state index is 0.242. The molecule has 0 aromatic carbocycles. The smallest absolute Gasteiger partial charge is 0.326 e. The molecule has 1 saturated heterocycles. The maximum absolute atomic E-state index is 12.2. The lowest BCUT2D eigenvalue weighted by atomic mass is 10.2. The van der Waals surface area contributed by atoms with Crippen molar-refractivity contribution < 1.29 is 14.7 Å². The number of pyridine rings is 1. The molecule has 0 saturated carbocycles. The lowest BCUT2D eigenvalue weighted by Crippen LogP contribution is -2.40. The number of nitrogens with zero attached hydrogens (tertiary/aromatic N) is 2. The van der Waals surface area contributed by atoms with Crippen molar-refractivity contribution in [2.75, 3.05) is 6.54 Å². The summed E-state index contributed by atoms with van der Waals surface area (Å²) in [4.78, 5) is 28.7. The van der Waals surface area contributed by atoms with Crippen LogP contribution in [0, 0.1) is 0 Å². The van der Waals surface area contributed by atoms with E-state index in [2.05, 4.69) is 36.8 Å². The topological polar surface area (TPSA) is 70.5 Å². The van der Waals surface area contributed by atoms with Crippen LogP contribution in [-0.2, 0) is 4.79 Å². The van der Waals surface area contributed by atoms with Gasteiger partial charge in [-0.1, -0.05) is 0 Å². The van der Waals surface area contributed by atoms with Crippen molar-refractivity contribution in [3.05, 3.63) is 26.9 Å². The van der Waals surface area contributed by atoms with Gasteiger partial charge >= 0.3 is 5.97 Å². The molecule has 96 valence electrons. The highest BCUT2D eigenvalue weighted by Crippen LogP contribution is 2.25. The van der Waals surface area contributed by atoms with Crippen LogP contribution in [0.5, 0.6) is 0 Å². The van der Waals surface area contributed by atoms with Gasteiger partial charge in [-0.05, 0) is 50.8 Å². The summed E-state index contributed by atoms with van der Waals surface area (Å²) in [6, 6.07) is 0.973. The zero-order valence-electron chi connectivity index (χ0n) is 9.27. The van der Waals surface area contributed by atoms with Crippen molar-refractivity contribution in [2.45, 2.75) is 18.9 Å². The number of carbonyl (C=O) groups is 2. The lowest BCUT2D eigenvalue weighted by Gasteiger charge is -2.21. The maximum Gasteiger partial charge on any atom is 0.326 e. The molecular formula is C11H10Br2N2O3. The van der Waals surface area contributed by atoms with E-state index >= 15 is 0 Å². The average molecular weight is 378 g/mol. The van der Waals surface area contributed by atoms with E-state index in [1.54, 1.807) is 6.07 Å². The van der Waals surface area contributed by atoms with Gasteiger partial charge in [0.2, 0.25) is 0 Å². The van der Waals surface area contributed by atoms with Gasteiger partial charge in [0.25, 0.3) is 5.91 Å². The Labute approximate surface area is 120 Å². The molecule has 1 atom stereocenters. The molecule has 2 heterocycles. The number of carboxylic acid groups (broad SMARTS) is 1. The summed E-state index contributed by atoms with van der Waals surface area (Å²) in [7, 11) is 0. The fourth-order valence-corrected chi connectivity index (χ4v) is 3.13. The molecule has 18 heavy (non-hydrogen) atoms. The second-order valence-electron chi connectivity index (χ2n) is 3.98. The number of hydrogen-bond acceptors (Lipinski definition) is 3. The molecule has 1 aromatic heterocycles. The van der Waals surface area contributed by atoms with Gasteiger partial charge in [0.05, 0.1) is 4.47 Å². The molecule has 0 bridgehead atoms. The number of carbonyl (C=O) groups excluding carboxylic acids is 1. The van der Waals surface area contributed by atoms with Crippen molar-refractivity contribution >= 4 is 43.7 Å². The monoisotopic (exact) mass is 376 g/mol. The summed E-state index contributed by atoms with van der Waals surface area (Å²) in [6.45, 7) is 0.458. The normalized spacial score (nSPS) is 19.0. The molecule has 0 unspecified atom stereocenters. The number of halogens is 2. The highest BCUT2D eigenvalue weighted by Gasteiger charge is 2.35. The molecule has 1 fully saturated rings. The van der Waals surface area contributed by atoms with Gasteiger partial charge in [0.1, 0.15) is 11.7 Å². The standard InChI is InChI=1S/C11H10Br2N2O3/c12-6-4-7(13)9(14-5-6)10(16)15-3-1-2-8(15)11(17)18/h4-5,8H,1-3H2,(H,17,18)/t8-/m1/s1. The van der Waals surface area contributed by atoms with Crippen LogP contribution in [0.25, 0.3) is 0 Å². The lowest BCUT2D eigenvalue weighted by molar-refractivity contribution is -0.141. The van der Waals surface area contributed by atoms with Gasteiger partial charge in [0.15, 0.2) is 0 Å². The van der Waals surface area contributed by atoms with Gasteiger partial charge < -0.3 is 10.0 Å². The van der Waals surface area contributed by atoms with Crippen molar-refractivity contribution in [1.82, 2.24) is 9.88 Å². The Morgan fingerprint density at radius 3 is 2.78 bits per heavy atom. The Morgan fingerprint density at radius 2 is 2.17 bits per heavy atom. The summed E-state index contributed by atoms with van der Waals surface area (Å²) in [5, 5.41) is 9.06. The van der Waals surface area contributed by atoms with Gasteiger partial charge in [0, 0.05) is 17.2 Å². The molecule has 0 aliphatic carbocycles. The number of aromatic nitrogens is 1. The maximum atomic E-state index is 12.2. The molecule has 1 aromatic rings. The molecule has 5 nitrogen and oxygen atoms in total. The van der Waals surface area contributed by atoms with E-state index in [0.29, 0.717) is 23.9 Å². The first-order valence-electron chi connectivity index (χ1n) is 5.35. The van der Waals surface area contributed by atoms with Gasteiger partial charge in [-0.25, -0.2) is 9.78 Å². The molecule has 1 amide bonds. The predicted molar refractivity (Wildman–Crippen MR) is 71.3 cm³/mol. The second kappa shape index (κ2) is 5.36. The van der Waals surface area contributed by atoms with Gasteiger partial charge in [-0.3, -0.25) is 4.79 Å². The van der Waals surface area contributed by atoms with Crippen LogP contribution in [0.4, 0.5) is 0 Å². The van der Waals surface area contributed by atoms with E-state index in [0.717, 1.165) is 4.47 Å². The predicted octanol–water partition coefficient (Wildman–Crippen LogP) is 2.30. The third-order valence-electron chi connectivity index (χ3n) is 2.81. The molecule has 1 aliphatic heterocycles. The summed E-state index contributed by atoms with van der Waals surface area (Å²) in [5.41, 5.74) is 0.242. The average Bonchev–Trinajstić information content (AvgIpc) is 2.77. The van der Waals surface area contributed by atoms with Crippen molar-refractivity contribution in [3.63, 3.8) is 0 Å². The van der Waals surface area contributed by atoms with Crippen LogP contribution in [-0.4, -0.2) is 39.5 Å².